The Bertz CT molecular complexity index is 1320. The number of rotatable bonds is 9. The molecule has 3 aromatic rings. The third-order valence-electron chi connectivity index (χ3n) is 6.71. The zero-order valence-electron chi connectivity index (χ0n) is 21.6. The van der Waals surface area contributed by atoms with Crippen LogP contribution < -0.4 is 14.8 Å². The number of anilines is 1. The van der Waals surface area contributed by atoms with Gasteiger partial charge in [0.25, 0.3) is 11.8 Å². The Morgan fingerprint density at radius 3 is 2.74 bits per heavy atom. The Morgan fingerprint density at radius 2 is 1.95 bits per heavy atom. The Kier molecular flexibility index (Phi) is 8.33. The monoisotopic (exact) mass is 532 g/mol. The Hall–Kier alpha value is -3.72. The SMILES string of the molecule is CCOc1cc(C=Nc2sc3c(c2C(=O)Nc2cccnc2)CCCC3)ccc1OCC(=O)N1CCCC1. The number of aryl methyl sites for hydroxylation is 1. The Morgan fingerprint density at radius 1 is 1.11 bits per heavy atom. The van der Waals surface area contributed by atoms with Crippen LogP contribution in [0.5, 0.6) is 11.5 Å². The van der Waals surface area contributed by atoms with Crippen molar-refractivity contribution in [2.45, 2.75) is 45.4 Å². The molecular weight excluding hydrogens is 500 g/mol. The highest BCUT2D eigenvalue weighted by Gasteiger charge is 2.25. The van der Waals surface area contributed by atoms with Gasteiger partial charge in [0.1, 0.15) is 5.00 Å². The molecule has 1 aliphatic heterocycles. The van der Waals surface area contributed by atoms with Crippen molar-refractivity contribution in [2.24, 2.45) is 4.99 Å². The van der Waals surface area contributed by atoms with E-state index >= 15 is 0 Å². The number of hydrogen-bond acceptors (Lipinski definition) is 7. The van der Waals surface area contributed by atoms with Crippen molar-refractivity contribution in [3.63, 3.8) is 0 Å². The lowest BCUT2D eigenvalue weighted by Crippen LogP contribution is -2.32. The van der Waals surface area contributed by atoms with E-state index in [0.717, 1.165) is 62.7 Å². The highest BCUT2D eigenvalue weighted by atomic mass is 32.1. The van der Waals surface area contributed by atoms with Crippen LogP contribution in [-0.4, -0.2) is 54.2 Å². The number of aliphatic imine (C=N–C) groups is 1. The molecule has 0 radical (unpaired) electrons. The van der Waals surface area contributed by atoms with E-state index in [1.807, 2.05) is 30.0 Å². The molecule has 0 atom stereocenters. The van der Waals surface area contributed by atoms with Crippen molar-refractivity contribution in [3.05, 3.63) is 64.3 Å². The molecule has 0 saturated carbocycles. The average molecular weight is 533 g/mol. The fourth-order valence-corrected chi connectivity index (χ4v) is 6.06. The van der Waals surface area contributed by atoms with Crippen LogP contribution in [0.4, 0.5) is 10.7 Å². The summed E-state index contributed by atoms with van der Waals surface area (Å²) < 4.78 is 11.6. The van der Waals surface area contributed by atoms with Crippen LogP contribution in [0.1, 0.15) is 59.0 Å². The van der Waals surface area contributed by atoms with Crippen molar-refractivity contribution in [2.75, 3.05) is 31.6 Å². The lowest BCUT2D eigenvalue weighted by Gasteiger charge is -2.17. The molecule has 2 aliphatic rings. The normalized spacial score (nSPS) is 14.9. The second-order valence-corrected chi connectivity index (χ2v) is 10.4. The van der Waals surface area contributed by atoms with Crippen molar-refractivity contribution in [3.8, 4) is 11.5 Å². The van der Waals surface area contributed by atoms with Gasteiger partial charge >= 0.3 is 0 Å². The molecule has 198 valence electrons. The molecule has 0 spiro atoms. The van der Waals surface area contributed by atoms with Crippen LogP contribution in [0.25, 0.3) is 0 Å². The van der Waals surface area contributed by atoms with Crippen LogP contribution in [0.15, 0.2) is 47.7 Å². The molecule has 1 saturated heterocycles. The van der Waals surface area contributed by atoms with E-state index in [0.29, 0.717) is 34.4 Å². The second-order valence-electron chi connectivity index (χ2n) is 9.36. The third kappa shape index (κ3) is 6.05. The molecule has 2 amide bonds. The molecule has 2 aromatic heterocycles. The van der Waals surface area contributed by atoms with E-state index in [4.69, 9.17) is 14.5 Å². The summed E-state index contributed by atoms with van der Waals surface area (Å²) in [5.74, 6) is 0.922. The first-order chi connectivity index (χ1) is 18.6. The zero-order valence-corrected chi connectivity index (χ0v) is 22.4. The lowest BCUT2D eigenvalue weighted by atomic mass is 9.95. The minimum atomic E-state index is -0.161. The van der Waals surface area contributed by atoms with E-state index in [-0.39, 0.29) is 18.4 Å². The number of hydrogen-bond donors (Lipinski definition) is 1. The van der Waals surface area contributed by atoms with Crippen LogP contribution in [0, 0.1) is 0 Å². The van der Waals surface area contributed by atoms with Crippen molar-refractivity contribution in [1.29, 1.82) is 0 Å². The summed E-state index contributed by atoms with van der Waals surface area (Å²) in [5, 5.41) is 3.68. The van der Waals surface area contributed by atoms with Gasteiger partial charge in [-0.05, 0) is 86.9 Å². The summed E-state index contributed by atoms with van der Waals surface area (Å²) in [7, 11) is 0. The number of fused-ring (bicyclic) bond motifs is 1. The summed E-state index contributed by atoms with van der Waals surface area (Å²) in [6, 6.07) is 9.16. The maximum Gasteiger partial charge on any atom is 0.260 e. The fourth-order valence-electron chi connectivity index (χ4n) is 4.83. The van der Waals surface area contributed by atoms with Gasteiger partial charge in [-0.25, -0.2) is 4.99 Å². The van der Waals surface area contributed by atoms with Gasteiger partial charge in [-0.1, -0.05) is 0 Å². The van der Waals surface area contributed by atoms with E-state index in [2.05, 4.69) is 10.3 Å². The molecular formula is C29H32N4O4S. The maximum absolute atomic E-state index is 13.3. The minimum absolute atomic E-state index is 0.00524. The van der Waals surface area contributed by atoms with E-state index in [1.54, 1.807) is 42.1 Å². The molecule has 9 heteroatoms. The van der Waals surface area contributed by atoms with Crippen LogP contribution in [-0.2, 0) is 17.6 Å². The number of thiophene rings is 1. The average Bonchev–Trinajstić information content (AvgIpc) is 3.60. The summed E-state index contributed by atoms with van der Waals surface area (Å²) in [6.45, 7) is 3.95. The first-order valence-electron chi connectivity index (χ1n) is 13.2. The number of amides is 2. The zero-order chi connectivity index (χ0) is 26.3. The minimum Gasteiger partial charge on any atom is -0.490 e. The number of pyridine rings is 1. The quantitative estimate of drug-likeness (QED) is 0.371. The number of likely N-dealkylation sites (tertiary alicyclic amines) is 1. The van der Waals surface area contributed by atoms with Gasteiger partial charge in [0.2, 0.25) is 0 Å². The van der Waals surface area contributed by atoms with Crippen LogP contribution in [0.3, 0.4) is 0 Å². The highest BCUT2D eigenvalue weighted by molar-refractivity contribution is 7.16. The number of aromatic nitrogens is 1. The number of nitrogens with one attached hydrogen (secondary N) is 1. The molecule has 5 rings (SSSR count). The lowest BCUT2D eigenvalue weighted by molar-refractivity contribution is -0.132. The van der Waals surface area contributed by atoms with Crippen molar-refractivity contribution in [1.82, 2.24) is 9.88 Å². The van der Waals surface area contributed by atoms with Gasteiger partial charge in [0.05, 0.1) is 24.1 Å². The number of ether oxygens (including phenoxy) is 2. The Balaban J connectivity index is 1.36. The first kappa shape index (κ1) is 25.9. The maximum atomic E-state index is 13.3. The number of nitrogens with zero attached hydrogens (tertiary/aromatic N) is 3. The topological polar surface area (TPSA) is 93.1 Å². The largest absolute Gasteiger partial charge is 0.490 e. The predicted molar refractivity (Wildman–Crippen MR) is 149 cm³/mol. The third-order valence-corrected chi connectivity index (χ3v) is 7.91. The van der Waals surface area contributed by atoms with Gasteiger partial charge in [0, 0.05) is 30.4 Å². The smallest absolute Gasteiger partial charge is 0.260 e. The summed E-state index contributed by atoms with van der Waals surface area (Å²) in [5.41, 5.74) is 3.23. The molecule has 38 heavy (non-hydrogen) atoms. The molecule has 8 nitrogen and oxygen atoms in total. The van der Waals surface area contributed by atoms with Gasteiger partial charge in [-0.3, -0.25) is 14.6 Å². The van der Waals surface area contributed by atoms with Gasteiger partial charge in [-0.2, -0.15) is 0 Å². The van der Waals surface area contributed by atoms with E-state index in [9.17, 15) is 9.59 Å². The molecule has 0 unspecified atom stereocenters. The molecule has 1 fully saturated rings. The molecule has 0 bridgehead atoms. The standard InChI is InChI=1S/C29H32N4O4S/c1-2-36-24-16-20(11-12-23(24)37-19-26(34)33-14-5-6-15-33)17-31-29-27(22-9-3-4-10-25(22)38-29)28(35)32-21-8-7-13-30-18-21/h7-8,11-13,16-18H,2-6,9-10,14-15,19H2,1H3,(H,32,35). The van der Waals surface area contributed by atoms with Gasteiger partial charge in [-0.15, -0.1) is 11.3 Å². The second kappa shape index (κ2) is 12.2. The molecule has 1 aliphatic carbocycles. The summed E-state index contributed by atoms with van der Waals surface area (Å²) >= 11 is 1.59. The number of carbonyl (C=O) groups excluding carboxylic acids is 2. The summed E-state index contributed by atoms with van der Waals surface area (Å²) in [4.78, 5) is 37.6. The van der Waals surface area contributed by atoms with Gasteiger partial charge in [0.15, 0.2) is 18.1 Å². The van der Waals surface area contributed by atoms with E-state index in [1.165, 1.54) is 4.88 Å². The fraction of sp³-hybridized carbons (Fsp3) is 0.379. The number of carbonyl (C=O) groups is 2. The number of benzene rings is 1. The van der Waals surface area contributed by atoms with Gasteiger partial charge < -0.3 is 19.7 Å². The first-order valence-corrected chi connectivity index (χ1v) is 14.0. The summed E-state index contributed by atoms with van der Waals surface area (Å²) in [6.07, 6.45) is 11.2. The van der Waals surface area contributed by atoms with Crippen LogP contribution in [0.2, 0.25) is 0 Å². The van der Waals surface area contributed by atoms with Crippen molar-refractivity contribution < 1.29 is 19.1 Å². The Labute approximate surface area is 226 Å². The molecule has 3 heterocycles. The highest BCUT2D eigenvalue weighted by Crippen LogP contribution is 2.40. The molecule has 1 N–H and O–H groups in total. The van der Waals surface area contributed by atoms with Crippen LogP contribution >= 0.6 is 11.3 Å². The van der Waals surface area contributed by atoms with Crippen molar-refractivity contribution >= 4 is 40.1 Å². The van der Waals surface area contributed by atoms with E-state index < -0.39 is 0 Å². The predicted octanol–water partition coefficient (Wildman–Crippen LogP) is 5.42. The molecule has 1 aromatic carbocycles.